The van der Waals surface area contributed by atoms with E-state index in [1.807, 2.05) is 25.7 Å². The molecule has 5 heteroatoms. The van der Waals surface area contributed by atoms with Crippen LogP contribution in [-0.2, 0) is 4.74 Å². The molecule has 0 aromatic heterocycles. The van der Waals surface area contributed by atoms with E-state index in [1.54, 1.807) is 0 Å². The third kappa shape index (κ3) is 3.83. The standard InChI is InChI=1S/C14H27N3O2/c1-14(2,3)19-13(18)17-7-6-16-9-11(8-15)4-5-12(16)10-17/h11-12H,4-10,15H2,1-3H3/t11-,12-/m1/s1. The molecule has 0 spiro atoms. The maximum atomic E-state index is 12.1. The molecule has 2 atom stereocenters. The third-order valence-corrected chi connectivity index (χ3v) is 3.99. The second kappa shape index (κ2) is 5.67. The van der Waals surface area contributed by atoms with Crippen LogP contribution in [0.3, 0.4) is 0 Å². The highest BCUT2D eigenvalue weighted by Gasteiger charge is 2.35. The SMILES string of the molecule is CC(C)(C)OC(=O)N1CCN2C[C@@H](CN)CC[C@@H]2C1. The lowest BCUT2D eigenvalue weighted by Gasteiger charge is -2.46. The Labute approximate surface area is 116 Å². The van der Waals surface area contributed by atoms with Gasteiger partial charge in [-0.15, -0.1) is 0 Å². The molecule has 110 valence electrons. The van der Waals surface area contributed by atoms with Crippen molar-refractivity contribution in [3.63, 3.8) is 0 Å². The molecule has 0 aromatic carbocycles. The number of rotatable bonds is 1. The Morgan fingerprint density at radius 1 is 1.26 bits per heavy atom. The molecule has 0 saturated carbocycles. The van der Waals surface area contributed by atoms with E-state index < -0.39 is 5.60 Å². The summed E-state index contributed by atoms with van der Waals surface area (Å²) in [6.45, 7) is 10.1. The van der Waals surface area contributed by atoms with Crippen molar-refractivity contribution in [1.82, 2.24) is 9.80 Å². The fourth-order valence-electron chi connectivity index (χ4n) is 2.94. The van der Waals surface area contributed by atoms with Crippen LogP contribution in [0.2, 0.25) is 0 Å². The van der Waals surface area contributed by atoms with E-state index in [2.05, 4.69) is 4.90 Å². The molecule has 2 aliphatic heterocycles. The zero-order valence-electron chi connectivity index (χ0n) is 12.4. The molecule has 2 heterocycles. The predicted octanol–water partition coefficient (Wildman–Crippen LogP) is 1.28. The number of piperazine rings is 1. The van der Waals surface area contributed by atoms with Crippen LogP contribution >= 0.6 is 0 Å². The van der Waals surface area contributed by atoms with Crippen molar-refractivity contribution in [2.75, 3.05) is 32.7 Å². The lowest BCUT2D eigenvalue weighted by Crippen LogP contribution is -2.58. The molecule has 19 heavy (non-hydrogen) atoms. The van der Waals surface area contributed by atoms with E-state index >= 15 is 0 Å². The van der Waals surface area contributed by atoms with E-state index in [1.165, 1.54) is 6.42 Å². The molecule has 2 saturated heterocycles. The molecule has 2 N–H and O–H groups in total. The van der Waals surface area contributed by atoms with Crippen LogP contribution in [0.15, 0.2) is 0 Å². The summed E-state index contributed by atoms with van der Waals surface area (Å²) in [7, 11) is 0. The number of ether oxygens (including phenoxy) is 1. The van der Waals surface area contributed by atoms with Crippen molar-refractivity contribution in [1.29, 1.82) is 0 Å². The van der Waals surface area contributed by atoms with Gasteiger partial charge in [-0.25, -0.2) is 4.79 Å². The fraction of sp³-hybridized carbons (Fsp3) is 0.929. The van der Waals surface area contributed by atoms with Gasteiger partial charge in [-0.1, -0.05) is 0 Å². The minimum Gasteiger partial charge on any atom is -0.444 e. The Kier molecular flexibility index (Phi) is 4.36. The van der Waals surface area contributed by atoms with Gasteiger partial charge in [-0.3, -0.25) is 4.90 Å². The predicted molar refractivity (Wildman–Crippen MR) is 74.9 cm³/mol. The Bertz CT molecular complexity index is 327. The van der Waals surface area contributed by atoms with Crippen molar-refractivity contribution in [2.24, 2.45) is 11.7 Å². The first-order chi connectivity index (χ1) is 8.89. The summed E-state index contributed by atoms with van der Waals surface area (Å²) in [6, 6.07) is 0.490. The summed E-state index contributed by atoms with van der Waals surface area (Å²) in [6.07, 6.45) is 2.15. The Hall–Kier alpha value is -0.810. The number of carbonyl (C=O) groups excluding carboxylic acids is 1. The molecular formula is C14H27N3O2. The van der Waals surface area contributed by atoms with Gasteiger partial charge in [0, 0.05) is 32.2 Å². The number of carbonyl (C=O) groups is 1. The van der Waals surface area contributed by atoms with E-state index in [9.17, 15) is 4.79 Å². The first-order valence-electron chi connectivity index (χ1n) is 7.31. The quantitative estimate of drug-likeness (QED) is 0.779. The lowest BCUT2D eigenvalue weighted by molar-refractivity contribution is -0.00815. The molecule has 0 radical (unpaired) electrons. The fourth-order valence-corrected chi connectivity index (χ4v) is 2.94. The molecular weight excluding hydrogens is 242 g/mol. The Morgan fingerprint density at radius 3 is 2.63 bits per heavy atom. The molecule has 1 amide bonds. The van der Waals surface area contributed by atoms with Crippen LogP contribution in [-0.4, -0.2) is 60.3 Å². The van der Waals surface area contributed by atoms with Gasteiger partial charge in [0.05, 0.1) is 0 Å². The maximum absolute atomic E-state index is 12.1. The largest absolute Gasteiger partial charge is 0.444 e. The summed E-state index contributed by atoms with van der Waals surface area (Å²) in [5, 5.41) is 0. The van der Waals surface area contributed by atoms with Gasteiger partial charge < -0.3 is 15.4 Å². The van der Waals surface area contributed by atoms with Gasteiger partial charge in [0.2, 0.25) is 0 Å². The zero-order valence-corrected chi connectivity index (χ0v) is 12.4. The highest BCUT2D eigenvalue weighted by atomic mass is 16.6. The number of amides is 1. The third-order valence-electron chi connectivity index (χ3n) is 3.99. The molecule has 0 unspecified atom stereocenters. The minimum atomic E-state index is -0.411. The van der Waals surface area contributed by atoms with E-state index in [0.717, 1.165) is 39.1 Å². The number of hydrogen-bond donors (Lipinski definition) is 1. The first kappa shape index (κ1) is 14.6. The molecule has 0 aromatic rings. The highest BCUT2D eigenvalue weighted by molar-refractivity contribution is 5.68. The number of nitrogens with two attached hydrogens (primary N) is 1. The normalized spacial score (nSPS) is 28.9. The van der Waals surface area contributed by atoms with Crippen molar-refractivity contribution >= 4 is 6.09 Å². The van der Waals surface area contributed by atoms with Crippen LogP contribution < -0.4 is 5.73 Å². The van der Waals surface area contributed by atoms with Crippen molar-refractivity contribution in [3.05, 3.63) is 0 Å². The lowest BCUT2D eigenvalue weighted by atomic mass is 9.91. The second-order valence-corrected chi connectivity index (χ2v) is 6.75. The number of piperidine rings is 1. The smallest absolute Gasteiger partial charge is 0.410 e. The van der Waals surface area contributed by atoms with Crippen molar-refractivity contribution in [3.8, 4) is 0 Å². The number of nitrogens with zero attached hydrogens (tertiary/aromatic N) is 2. The molecule has 0 aliphatic carbocycles. The summed E-state index contributed by atoms with van der Waals surface area (Å²) >= 11 is 0. The van der Waals surface area contributed by atoms with Gasteiger partial charge >= 0.3 is 6.09 Å². The van der Waals surface area contributed by atoms with Gasteiger partial charge in [0.25, 0.3) is 0 Å². The number of hydrogen-bond acceptors (Lipinski definition) is 4. The molecule has 0 bridgehead atoms. The van der Waals surface area contributed by atoms with Crippen molar-refractivity contribution in [2.45, 2.75) is 45.3 Å². The second-order valence-electron chi connectivity index (χ2n) is 6.75. The average Bonchev–Trinajstić information content (AvgIpc) is 2.35. The van der Waals surface area contributed by atoms with Crippen LogP contribution in [0.4, 0.5) is 4.79 Å². The monoisotopic (exact) mass is 269 g/mol. The number of fused-ring (bicyclic) bond motifs is 1. The van der Waals surface area contributed by atoms with Crippen LogP contribution in [0.5, 0.6) is 0 Å². The van der Waals surface area contributed by atoms with Gasteiger partial charge in [-0.05, 0) is 46.1 Å². The average molecular weight is 269 g/mol. The van der Waals surface area contributed by atoms with Gasteiger partial charge in [0.1, 0.15) is 5.60 Å². The van der Waals surface area contributed by atoms with E-state index in [-0.39, 0.29) is 6.09 Å². The van der Waals surface area contributed by atoms with E-state index in [4.69, 9.17) is 10.5 Å². The summed E-state index contributed by atoms with van der Waals surface area (Å²) in [5.41, 5.74) is 5.35. The van der Waals surface area contributed by atoms with E-state index in [0.29, 0.717) is 12.0 Å². The first-order valence-corrected chi connectivity index (χ1v) is 7.31. The molecule has 2 aliphatic rings. The summed E-state index contributed by atoms with van der Waals surface area (Å²) in [5.74, 6) is 0.629. The van der Waals surface area contributed by atoms with Crippen LogP contribution in [0, 0.1) is 5.92 Å². The molecule has 5 nitrogen and oxygen atoms in total. The minimum absolute atomic E-state index is 0.173. The van der Waals surface area contributed by atoms with Crippen LogP contribution in [0.25, 0.3) is 0 Å². The topological polar surface area (TPSA) is 58.8 Å². The van der Waals surface area contributed by atoms with Crippen LogP contribution in [0.1, 0.15) is 33.6 Å². The highest BCUT2D eigenvalue weighted by Crippen LogP contribution is 2.25. The van der Waals surface area contributed by atoms with Crippen molar-refractivity contribution < 1.29 is 9.53 Å². The molecule has 2 rings (SSSR count). The van der Waals surface area contributed by atoms with Gasteiger partial charge in [-0.2, -0.15) is 0 Å². The maximum Gasteiger partial charge on any atom is 0.410 e. The Balaban J connectivity index is 1.87. The van der Waals surface area contributed by atoms with Gasteiger partial charge in [0.15, 0.2) is 0 Å². The Morgan fingerprint density at radius 2 is 2.00 bits per heavy atom. The summed E-state index contributed by atoms with van der Waals surface area (Å²) in [4.78, 5) is 16.4. The molecule has 2 fully saturated rings. The zero-order chi connectivity index (χ0) is 14.0. The summed E-state index contributed by atoms with van der Waals surface area (Å²) < 4.78 is 5.45.